The lowest BCUT2D eigenvalue weighted by Crippen LogP contribution is -2.13. The molecular weight excluding hydrogens is 212 g/mol. The standard InChI is InChI=1S/C11H16O5/c1-2-3-4-8(5-10(12)13)11(14)16-7-9-6-15-9/h5,9H,2-4,6-7H2,1H3,(H,12,13)/b8-5-. The lowest BCUT2D eigenvalue weighted by molar-refractivity contribution is -0.140. The van der Waals surface area contributed by atoms with E-state index in [1.54, 1.807) is 0 Å². The van der Waals surface area contributed by atoms with Gasteiger partial charge in [-0.15, -0.1) is 0 Å². The van der Waals surface area contributed by atoms with Crippen LogP contribution in [0.2, 0.25) is 0 Å². The molecule has 1 heterocycles. The Morgan fingerprint density at radius 2 is 2.25 bits per heavy atom. The quantitative estimate of drug-likeness (QED) is 0.401. The zero-order chi connectivity index (χ0) is 12.0. The Kier molecular flexibility index (Phi) is 4.98. The molecule has 0 amide bonds. The van der Waals surface area contributed by atoms with Gasteiger partial charge in [0.15, 0.2) is 0 Å². The van der Waals surface area contributed by atoms with Crippen LogP contribution in [0.25, 0.3) is 0 Å². The zero-order valence-corrected chi connectivity index (χ0v) is 9.27. The normalized spacial score (nSPS) is 19.3. The van der Waals surface area contributed by atoms with Gasteiger partial charge in [-0.1, -0.05) is 13.3 Å². The first-order valence-corrected chi connectivity index (χ1v) is 5.35. The van der Waals surface area contributed by atoms with Crippen molar-refractivity contribution in [3.63, 3.8) is 0 Å². The highest BCUT2D eigenvalue weighted by atomic mass is 16.6. The third-order valence-corrected chi connectivity index (χ3v) is 2.16. The minimum absolute atomic E-state index is 0.00111. The van der Waals surface area contributed by atoms with E-state index in [0.29, 0.717) is 13.0 Å². The number of unbranched alkanes of at least 4 members (excludes halogenated alkanes) is 1. The van der Waals surface area contributed by atoms with E-state index in [9.17, 15) is 9.59 Å². The lowest BCUT2D eigenvalue weighted by atomic mass is 10.1. The Balaban J connectivity index is 2.44. The Morgan fingerprint density at radius 3 is 2.75 bits per heavy atom. The van der Waals surface area contributed by atoms with Gasteiger partial charge in [0.1, 0.15) is 12.7 Å². The molecule has 90 valence electrons. The molecule has 1 fully saturated rings. The highest BCUT2D eigenvalue weighted by Gasteiger charge is 2.25. The van der Waals surface area contributed by atoms with Gasteiger partial charge >= 0.3 is 11.9 Å². The van der Waals surface area contributed by atoms with E-state index in [1.807, 2.05) is 6.92 Å². The number of rotatable bonds is 7. The molecule has 1 unspecified atom stereocenters. The number of epoxide rings is 1. The van der Waals surface area contributed by atoms with Gasteiger partial charge in [-0.25, -0.2) is 9.59 Å². The van der Waals surface area contributed by atoms with Gasteiger partial charge in [0.25, 0.3) is 0 Å². The Bertz CT molecular complexity index is 291. The summed E-state index contributed by atoms with van der Waals surface area (Å²) in [7, 11) is 0. The first-order chi connectivity index (χ1) is 7.63. The number of carbonyl (C=O) groups excluding carboxylic acids is 1. The number of hydrogen-bond donors (Lipinski definition) is 1. The molecule has 1 rings (SSSR count). The predicted octanol–water partition coefficient (Wildman–Crippen LogP) is 1.13. The number of carbonyl (C=O) groups is 2. The summed E-state index contributed by atoms with van der Waals surface area (Å²) in [6, 6.07) is 0. The maximum absolute atomic E-state index is 11.5. The first kappa shape index (κ1) is 12.7. The van der Waals surface area contributed by atoms with E-state index in [-0.39, 0.29) is 18.3 Å². The number of aliphatic carboxylic acids is 1. The van der Waals surface area contributed by atoms with E-state index in [0.717, 1.165) is 18.9 Å². The van der Waals surface area contributed by atoms with Crippen molar-refractivity contribution in [2.24, 2.45) is 0 Å². The molecular formula is C11H16O5. The van der Waals surface area contributed by atoms with Gasteiger partial charge in [-0.3, -0.25) is 0 Å². The summed E-state index contributed by atoms with van der Waals surface area (Å²) in [5.41, 5.74) is 0.218. The second kappa shape index (κ2) is 6.27. The summed E-state index contributed by atoms with van der Waals surface area (Å²) in [6.45, 7) is 2.80. The van der Waals surface area contributed by atoms with Crippen LogP contribution >= 0.6 is 0 Å². The van der Waals surface area contributed by atoms with Crippen LogP contribution in [0, 0.1) is 0 Å². The van der Waals surface area contributed by atoms with Gasteiger partial charge in [0, 0.05) is 11.6 Å². The summed E-state index contributed by atoms with van der Waals surface area (Å²) in [4.78, 5) is 22.0. The minimum Gasteiger partial charge on any atom is -0.478 e. The van der Waals surface area contributed by atoms with Crippen LogP contribution in [0.1, 0.15) is 26.2 Å². The summed E-state index contributed by atoms with van der Waals surface area (Å²) >= 11 is 0. The zero-order valence-electron chi connectivity index (χ0n) is 9.27. The fourth-order valence-corrected chi connectivity index (χ4v) is 1.18. The molecule has 0 aromatic carbocycles. The van der Waals surface area contributed by atoms with Crippen molar-refractivity contribution in [3.8, 4) is 0 Å². The van der Waals surface area contributed by atoms with Crippen molar-refractivity contribution in [1.29, 1.82) is 0 Å². The van der Waals surface area contributed by atoms with Crippen LogP contribution in [0.5, 0.6) is 0 Å². The molecule has 16 heavy (non-hydrogen) atoms. The molecule has 1 aliphatic rings. The monoisotopic (exact) mass is 228 g/mol. The van der Waals surface area contributed by atoms with Gasteiger partial charge in [-0.2, -0.15) is 0 Å². The molecule has 5 nitrogen and oxygen atoms in total. The molecule has 0 aliphatic carbocycles. The summed E-state index contributed by atoms with van der Waals surface area (Å²) in [6.07, 6.45) is 3.03. The molecule has 0 aromatic heterocycles. The molecule has 0 saturated carbocycles. The SMILES string of the molecule is CCCC/C(=C/C(=O)O)C(=O)OCC1CO1. The fourth-order valence-electron chi connectivity index (χ4n) is 1.18. The molecule has 1 atom stereocenters. The molecule has 1 aliphatic heterocycles. The highest BCUT2D eigenvalue weighted by molar-refractivity contribution is 5.95. The largest absolute Gasteiger partial charge is 0.478 e. The van der Waals surface area contributed by atoms with Crippen molar-refractivity contribution in [2.75, 3.05) is 13.2 Å². The van der Waals surface area contributed by atoms with E-state index in [1.165, 1.54) is 0 Å². The van der Waals surface area contributed by atoms with Crippen LogP contribution in [-0.4, -0.2) is 36.4 Å². The molecule has 0 aromatic rings. The average Bonchev–Trinajstić information content (AvgIpc) is 3.04. The van der Waals surface area contributed by atoms with E-state index in [4.69, 9.17) is 14.6 Å². The number of carboxylic acids is 1. The summed E-state index contributed by atoms with van der Waals surface area (Å²) in [5, 5.41) is 8.61. The third-order valence-electron chi connectivity index (χ3n) is 2.16. The fraction of sp³-hybridized carbons (Fsp3) is 0.636. The Labute approximate surface area is 94.0 Å². The van der Waals surface area contributed by atoms with Gasteiger partial charge in [-0.05, 0) is 12.8 Å². The first-order valence-electron chi connectivity index (χ1n) is 5.35. The van der Waals surface area contributed by atoms with Crippen molar-refractivity contribution < 1.29 is 24.2 Å². The number of hydrogen-bond acceptors (Lipinski definition) is 4. The smallest absolute Gasteiger partial charge is 0.334 e. The van der Waals surface area contributed by atoms with E-state index >= 15 is 0 Å². The molecule has 0 radical (unpaired) electrons. The highest BCUT2D eigenvalue weighted by Crippen LogP contribution is 2.13. The Morgan fingerprint density at radius 1 is 1.56 bits per heavy atom. The van der Waals surface area contributed by atoms with Gasteiger partial charge in [0.05, 0.1) is 6.61 Å². The van der Waals surface area contributed by atoms with E-state index in [2.05, 4.69) is 0 Å². The van der Waals surface area contributed by atoms with Gasteiger partial charge in [0.2, 0.25) is 0 Å². The maximum Gasteiger partial charge on any atom is 0.334 e. The topological polar surface area (TPSA) is 76.1 Å². The predicted molar refractivity (Wildman–Crippen MR) is 55.9 cm³/mol. The number of ether oxygens (including phenoxy) is 2. The number of esters is 1. The summed E-state index contributed by atoms with van der Waals surface area (Å²) < 4.78 is 9.82. The van der Waals surface area contributed by atoms with Crippen LogP contribution in [0.3, 0.4) is 0 Å². The minimum atomic E-state index is -1.12. The molecule has 5 heteroatoms. The second-order valence-electron chi connectivity index (χ2n) is 3.67. The van der Waals surface area contributed by atoms with Crippen LogP contribution in [-0.2, 0) is 19.1 Å². The third kappa shape index (κ3) is 4.93. The number of carboxylic acid groups (broad SMARTS) is 1. The lowest BCUT2D eigenvalue weighted by Gasteiger charge is -2.05. The molecule has 0 spiro atoms. The van der Waals surface area contributed by atoms with Crippen molar-refractivity contribution in [1.82, 2.24) is 0 Å². The maximum atomic E-state index is 11.5. The van der Waals surface area contributed by atoms with Crippen LogP contribution in [0.15, 0.2) is 11.6 Å². The molecule has 1 saturated heterocycles. The molecule has 1 N–H and O–H groups in total. The van der Waals surface area contributed by atoms with Crippen molar-refractivity contribution in [3.05, 3.63) is 11.6 Å². The summed E-state index contributed by atoms with van der Waals surface area (Å²) in [5.74, 6) is -1.67. The van der Waals surface area contributed by atoms with Crippen LogP contribution in [0.4, 0.5) is 0 Å². The molecule has 0 bridgehead atoms. The second-order valence-corrected chi connectivity index (χ2v) is 3.67. The average molecular weight is 228 g/mol. The van der Waals surface area contributed by atoms with Crippen LogP contribution < -0.4 is 0 Å². The van der Waals surface area contributed by atoms with Crippen molar-refractivity contribution in [2.45, 2.75) is 32.3 Å². The van der Waals surface area contributed by atoms with Crippen molar-refractivity contribution >= 4 is 11.9 Å². The Hall–Kier alpha value is -1.36. The van der Waals surface area contributed by atoms with E-state index < -0.39 is 11.9 Å². The van der Waals surface area contributed by atoms with Gasteiger partial charge < -0.3 is 14.6 Å².